The molecule has 20 heavy (non-hydrogen) atoms. The lowest BCUT2D eigenvalue weighted by atomic mass is 10.2. The largest absolute Gasteiger partial charge is 0.370 e. The molecule has 2 amide bonds. The molecule has 0 radical (unpaired) electrons. The van der Waals surface area contributed by atoms with Gasteiger partial charge in [0.1, 0.15) is 5.82 Å². The van der Waals surface area contributed by atoms with Gasteiger partial charge in [-0.2, -0.15) is 0 Å². The SMILES string of the molecule is CCNc1cc(C(=O)NCCNC(C)=O)cc(CC)n1. The van der Waals surface area contributed by atoms with E-state index in [1.165, 1.54) is 6.92 Å². The number of anilines is 1. The molecular weight excluding hydrogens is 256 g/mol. The second-order valence-corrected chi connectivity index (χ2v) is 4.36. The maximum absolute atomic E-state index is 12.0. The summed E-state index contributed by atoms with van der Waals surface area (Å²) >= 11 is 0. The van der Waals surface area contributed by atoms with Crippen LogP contribution in [0.15, 0.2) is 12.1 Å². The summed E-state index contributed by atoms with van der Waals surface area (Å²) in [4.78, 5) is 27.1. The Hall–Kier alpha value is -2.11. The summed E-state index contributed by atoms with van der Waals surface area (Å²) in [6, 6.07) is 3.52. The van der Waals surface area contributed by atoms with Gasteiger partial charge in [-0.1, -0.05) is 6.92 Å². The fourth-order valence-corrected chi connectivity index (χ4v) is 1.69. The molecule has 3 N–H and O–H groups in total. The quantitative estimate of drug-likeness (QED) is 0.648. The molecule has 1 aromatic rings. The number of carbonyl (C=O) groups is 2. The number of pyridine rings is 1. The van der Waals surface area contributed by atoms with Crippen LogP contribution in [0.25, 0.3) is 0 Å². The third-order valence-corrected chi connectivity index (χ3v) is 2.65. The molecule has 0 fully saturated rings. The molecule has 0 atom stereocenters. The predicted molar refractivity (Wildman–Crippen MR) is 78.8 cm³/mol. The summed E-state index contributed by atoms with van der Waals surface area (Å²) in [6.45, 7) is 7.00. The van der Waals surface area contributed by atoms with Crippen molar-refractivity contribution in [2.45, 2.75) is 27.2 Å². The molecule has 0 saturated carbocycles. The van der Waals surface area contributed by atoms with Crippen molar-refractivity contribution < 1.29 is 9.59 Å². The highest BCUT2D eigenvalue weighted by molar-refractivity contribution is 5.95. The Labute approximate surface area is 119 Å². The first-order chi connectivity index (χ1) is 9.56. The van der Waals surface area contributed by atoms with Crippen molar-refractivity contribution >= 4 is 17.6 Å². The number of aromatic nitrogens is 1. The summed E-state index contributed by atoms with van der Waals surface area (Å²) in [5.74, 6) is 0.441. The van der Waals surface area contributed by atoms with E-state index < -0.39 is 0 Å². The fraction of sp³-hybridized carbons (Fsp3) is 0.500. The zero-order valence-corrected chi connectivity index (χ0v) is 12.2. The summed E-state index contributed by atoms with van der Waals surface area (Å²) in [5.41, 5.74) is 1.45. The van der Waals surface area contributed by atoms with Crippen LogP contribution < -0.4 is 16.0 Å². The Morgan fingerprint density at radius 1 is 1.15 bits per heavy atom. The van der Waals surface area contributed by atoms with Crippen LogP contribution in [0.4, 0.5) is 5.82 Å². The number of rotatable bonds is 7. The Balaban J connectivity index is 2.66. The van der Waals surface area contributed by atoms with Crippen LogP contribution in [0.1, 0.15) is 36.8 Å². The number of hydrogen-bond acceptors (Lipinski definition) is 4. The van der Waals surface area contributed by atoms with E-state index in [9.17, 15) is 9.59 Å². The second kappa shape index (κ2) is 8.14. The third kappa shape index (κ3) is 5.26. The molecule has 0 spiro atoms. The molecule has 0 saturated heterocycles. The van der Waals surface area contributed by atoms with Crippen LogP contribution >= 0.6 is 0 Å². The van der Waals surface area contributed by atoms with E-state index in [0.717, 1.165) is 18.7 Å². The van der Waals surface area contributed by atoms with Gasteiger partial charge >= 0.3 is 0 Å². The van der Waals surface area contributed by atoms with Crippen LogP contribution in [-0.2, 0) is 11.2 Å². The van der Waals surface area contributed by atoms with Gasteiger partial charge in [0.2, 0.25) is 5.91 Å². The summed E-state index contributed by atoms with van der Waals surface area (Å²) < 4.78 is 0. The van der Waals surface area contributed by atoms with Crippen LogP contribution in [-0.4, -0.2) is 36.4 Å². The van der Waals surface area contributed by atoms with E-state index in [-0.39, 0.29) is 11.8 Å². The number of carbonyl (C=O) groups excluding carboxylic acids is 2. The normalized spacial score (nSPS) is 9.95. The minimum atomic E-state index is -0.161. The van der Waals surface area contributed by atoms with Gasteiger partial charge in [-0.05, 0) is 25.5 Å². The number of aryl methyl sites for hydroxylation is 1. The van der Waals surface area contributed by atoms with E-state index in [1.807, 2.05) is 13.8 Å². The van der Waals surface area contributed by atoms with Gasteiger partial charge in [-0.3, -0.25) is 9.59 Å². The second-order valence-electron chi connectivity index (χ2n) is 4.36. The lowest BCUT2D eigenvalue weighted by Gasteiger charge is -2.09. The van der Waals surface area contributed by atoms with E-state index in [2.05, 4.69) is 20.9 Å². The number of hydrogen-bond donors (Lipinski definition) is 3. The van der Waals surface area contributed by atoms with Crippen LogP contribution in [0, 0.1) is 0 Å². The zero-order chi connectivity index (χ0) is 15.0. The highest BCUT2D eigenvalue weighted by Gasteiger charge is 2.08. The smallest absolute Gasteiger partial charge is 0.251 e. The van der Waals surface area contributed by atoms with Gasteiger partial charge in [-0.15, -0.1) is 0 Å². The topological polar surface area (TPSA) is 83.1 Å². The van der Waals surface area contributed by atoms with Crippen molar-refractivity contribution in [3.8, 4) is 0 Å². The monoisotopic (exact) mass is 278 g/mol. The van der Waals surface area contributed by atoms with Crippen molar-refractivity contribution in [2.75, 3.05) is 25.0 Å². The minimum Gasteiger partial charge on any atom is -0.370 e. The van der Waals surface area contributed by atoms with Crippen molar-refractivity contribution in [2.24, 2.45) is 0 Å². The molecule has 6 nitrogen and oxygen atoms in total. The lowest BCUT2D eigenvalue weighted by Crippen LogP contribution is -2.33. The molecule has 0 unspecified atom stereocenters. The lowest BCUT2D eigenvalue weighted by molar-refractivity contribution is -0.118. The molecule has 0 bridgehead atoms. The first kappa shape index (κ1) is 15.9. The highest BCUT2D eigenvalue weighted by Crippen LogP contribution is 2.11. The molecule has 1 aromatic heterocycles. The Morgan fingerprint density at radius 3 is 2.45 bits per heavy atom. The fourth-order valence-electron chi connectivity index (χ4n) is 1.69. The zero-order valence-electron chi connectivity index (χ0n) is 12.2. The summed E-state index contributed by atoms with van der Waals surface area (Å²) in [6.07, 6.45) is 0.769. The van der Waals surface area contributed by atoms with Crippen LogP contribution in [0.3, 0.4) is 0 Å². The standard InChI is InChI=1S/C14H22N4O2/c1-4-12-8-11(9-13(18-12)15-5-2)14(20)17-7-6-16-10(3)19/h8-9H,4-7H2,1-3H3,(H,15,18)(H,16,19)(H,17,20). The molecule has 6 heteroatoms. The number of amides is 2. The summed E-state index contributed by atoms with van der Waals surface area (Å²) in [7, 11) is 0. The maximum Gasteiger partial charge on any atom is 0.251 e. The van der Waals surface area contributed by atoms with Crippen LogP contribution in [0.5, 0.6) is 0 Å². The third-order valence-electron chi connectivity index (χ3n) is 2.65. The van der Waals surface area contributed by atoms with Gasteiger partial charge in [0.25, 0.3) is 5.91 Å². The van der Waals surface area contributed by atoms with Gasteiger partial charge in [-0.25, -0.2) is 4.98 Å². The van der Waals surface area contributed by atoms with Crippen molar-refractivity contribution in [1.82, 2.24) is 15.6 Å². The number of nitrogens with zero attached hydrogens (tertiary/aromatic N) is 1. The predicted octanol–water partition coefficient (Wildman–Crippen LogP) is 0.942. The van der Waals surface area contributed by atoms with Gasteiger partial charge in [0.15, 0.2) is 0 Å². The highest BCUT2D eigenvalue weighted by atomic mass is 16.2. The average Bonchev–Trinajstić information content (AvgIpc) is 2.43. The number of nitrogens with one attached hydrogen (secondary N) is 3. The molecular formula is C14H22N4O2. The Morgan fingerprint density at radius 2 is 1.85 bits per heavy atom. The molecule has 0 aliphatic heterocycles. The molecule has 0 aromatic carbocycles. The first-order valence-electron chi connectivity index (χ1n) is 6.84. The van der Waals surface area contributed by atoms with E-state index in [0.29, 0.717) is 24.5 Å². The van der Waals surface area contributed by atoms with E-state index in [1.54, 1.807) is 12.1 Å². The van der Waals surface area contributed by atoms with Gasteiger partial charge < -0.3 is 16.0 Å². The Bertz CT molecular complexity index is 474. The van der Waals surface area contributed by atoms with E-state index >= 15 is 0 Å². The first-order valence-corrected chi connectivity index (χ1v) is 6.84. The molecule has 0 aliphatic rings. The molecule has 110 valence electrons. The maximum atomic E-state index is 12.0. The van der Waals surface area contributed by atoms with Crippen molar-refractivity contribution in [1.29, 1.82) is 0 Å². The van der Waals surface area contributed by atoms with Gasteiger partial charge in [0.05, 0.1) is 0 Å². The molecule has 1 rings (SSSR count). The summed E-state index contributed by atoms with van der Waals surface area (Å²) in [5, 5.41) is 8.51. The minimum absolute atomic E-state index is 0.106. The van der Waals surface area contributed by atoms with Crippen molar-refractivity contribution in [3.05, 3.63) is 23.4 Å². The molecule has 1 heterocycles. The van der Waals surface area contributed by atoms with Crippen LogP contribution in [0.2, 0.25) is 0 Å². The van der Waals surface area contributed by atoms with E-state index in [4.69, 9.17) is 0 Å². The van der Waals surface area contributed by atoms with Gasteiger partial charge in [0, 0.05) is 37.8 Å². The molecule has 0 aliphatic carbocycles. The average molecular weight is 278 g/mol. The van der Waals surface area contributed by atoms with Crippen molar-refractivity contribution in [3.63, 3.8) is 0 Å². The Kier molecular flexibility index (Phi) is 6.49.